The molecule has 1 fully saturated rings. The monoisotopic (exact) mass is 331 g/mol. The van der Waals surface area contributed by atoms with Crippen LogP contribution in [0.3, 0.4) is 0 Å². The van der Waals surface area contributed by atoms with Gasteiger partial charge in [-0.3, -0.25) is 4.79 Å². The summed E-state index contributed by atoms with van der Waals surface area (Å²) in [6.45, 7) is 1.17. The molecule has 0 saturated heterocycles. The van der Waals surface area contributed by atoms with E-state index < -0.39 is 17.7 Å². The lowest BCUT2D eigenvalue weighted by molar-refractivity contribution is -0.156. The van der Waals surface area contributed by atoms with E-state index >= 15 is 0 Å². The van der Waals surface area contributed by atoms with Gasteiger partial charge in [-0.1, -0.05) is 0 Å². The molecule has 3 rings (SSSR count). The van der Waals surface area contributed by atoms with Crippen LogP contribution in [0.4, 0.5) is 0 Å². The van der Waals surface area contributed by atoms with Crippen molar-refractivity contribution in [2.75, 3.05) is 6.61 Å². The molecular weight excluding hydrogens is 314 g/mol. The molecule has 1 aliphatic rings. The first kappa shape index (κ1) is 16.0. The Labute approximate surface area is 137 Å². The number of ether oxygens (including phenoxy) is 2. The van der Waals surface area contributed by atoms with E-state index in [2.05, 4.69) is 5.32 Å². The van der Waals surface area contributed by atoms with Crippen molar-refractivity contribution < 1.29 is 23.5 Å². The third kappa shape index (κ3) is 4.13. The van der Waals surface area contributed by atoms with Crippen molar-refractivity contribution in [3.8, 4) is 5.75 Å². The third-order valence-electron chi connectivity index (χ3n) is 3.55. The van der Waals surface area contributed by atoms with E-state index in [-0.39, 0.29) is 18.6 Å². The summed E-state index contributed by atoms with van der Waals surface area (Å²) in [4.78, 5) is 34.7. The third-order valence-corrected chi connectivity index (χ3v) is 3.55. The van der Waals surface area contributed by atoms with Gasteiger partial charge < -0.3 is 19.2 Å². The second kappa shape index (κ2) is 6.74. The highest BCUT2D eigenvalue weighted by molar-refractivity contribution is 5.84. The Bertz CT molecular complexity index is 823. The first-order valence-electron chi connectivity index (χ1n) is 7.68. The van der Waals surface area contributed by atoms with Crippen molar-refractivity contribution in [3.63, 3.8) is 0 Å². The molecule has 126 valence electrons. The molecule has 7 heteroatoms. The van der Waals surface area contributed by atoms with Crippen LogP contribution >= 0.6 is 0 Å². The van der Waals surface area contributed by atoms with Gasteiger partial charge in [0.05, 0.1) is 0 Å². The summed E-state index contributed by atoms with van der Waals surface area (Å²) in [6.07, 6.45) is 1.07. The van der Waals surface area contributed by atoms with Crippen LogP contribution in [-0.4, -0.2) is 30.6 Å². The van der Waals surface area contributed by atoms with E-state index in [0.717, 1.165) is 18.2 Å². The molecule has 1 atom stereocenters. The quantitative estimate of drug-likeness (QED) is 0.635. The molecule has 0 radical (unpaired) electrons. The lowest BCUT2D eigenvalue weighted by atomic mass is 10.2. The second-order valence-electron chi connectivity index (χ2n) is 5.66. The van der Waals surface area contributed by atoms with Crippen LogP contribution in [0.15, 0.2) is 39.5 Å². The largest absolute Gasteiger partial charge is 0.482 e. The van der Waals surface area contributed by atoms with Crippen molar-refractivity contribution in [2.45, 2.75) is 31.9 Å². The van der Waals surface area contributed by atoms with E-state index in [1.165, 1.54) is 19.1 Å². The van der Waals surface area contributed by atoms with Crippen LogP contribution < -0.4 is 15.7 Å². The van der Waals surface area contributed by atoms with E-state index in [9.17, 15) is 14.4 Å². The van der Waals surface area contributed by atoms with Crippen molar-refractivity contribution in [1.29, 1.82) is 0 Å². The van der Waals surface area contributed by atoms with Gasteiger partial charge in [0.25, 0.3) is 5.91 Å². The van der Waals surface area contributed by atoms with Crippen LogP contribution in [0.1, 0.15) is 19.8 Å². The van der Waals surface area contributed by atoms with Crippen molar-refractivity contribution >= 4 is 22.8 Å². The molecule has 0 bridgehead atoms. The normalized spacial score (nSPS) is 14.9. The highest BCUT2D eigenvalue weighted by atomic mass is 16.6. The minimum Gasteiger partial charge on any atom is -0.482 e. The molecule has 2 aromatic rings. The number of hydrogen-bond acceptors (Lipinski definition) is 6. The number of carbonyl (C=O) groups is 2. The number of amides is 1. The molecule has 1 saturated carbocycles. The average Bonchev–Trinajstić information content (AvgIpc) is 3.36. The Hall–Kier alpha value is -2.83. The van der Waals surface area contributed by atoms with Gasteiger partial charge in [-0.2, -0.15) is 0 Å². The average molecular weight is 331 g/mol. The maximum atomic E-state index is 11.7. The maximum Gasteiger partial charge on any atom is 0.344 e. The van der Waals surface area contributed by atoms with E-state index in [4.69, 9.17) is 13.9 Å². The molecule has 1 N–H and O–H groups in total. The summed E-state index contributed by atoms with van der Waals surface area (Å²) in [6, 6.07) is 8.06. The highest BCUT2D eigenvalue weighted by Crippen LogP contribution is 2.20. The smallest absolute Gasteiger partial charge is 0.344 e. The summed E-state index contributed by atoms with van der Waals surface area (Å²) in [7, 11) is 0. The van der Waals surface area contributed by atoms with E-state index in [1.54, 1.807) is 18.2 Å². The van der Waals surface area contributed by atoms with Gasteiger partial charge in [0.15, 0.2) is 12.7 Å². The number of nitrogens with one attached hydrogen (secondary N) is 1. The summed E-state index contributed by atoms with van der Waals surface area (Å²) >= 11 is 0. The number of benzene rings is 1. The maximum absolute atomic E-state index is 11.7. The van der Waals surface area contributed by atoms with Gasteiger partial charge in [-0.25, -0.2) is 9.59 Å². The number of rotatable bonds is 6. The van der Waals surface area contributed by atoms with Gasteiger partial charge in [0.1, 0.15) is 11.3 Å². The van der Waals surface area contributed by atoms with E-state index in [1.807, 2.05) is 0 Å². The fourth-order valence-corrected chi connectivity index (χ4v) is 2.10. The fraction of sp³-hybridized carbons (Fsp3) is 0.353. The lowest BCUT2D eigenvalue weighted by Gasteiger charge is -2.13. The predicted molar refractivity (Wildman–Crippen MR) is 84.7 cm³/mol. The molecular formula is C17H17NO6. The van der Waals surface area contributed by atoms with Crippen LogP contribution in [-0.2, 0) is 14.3 Å². The van der Waals surface area contributed by atoms with Crippen LogP contribution in [0, 0.1) is 0 Å². The van der Waals surface area contributed by atoms with Crippen LogP contribution in [0.5, 0.6) is 5.75 Å². The molecule has 24 heavy (non-hydrogen) atoms. The molecule has 0 aliphatic heterocycles. The molecule has 1 aromatic heterocycles. The van der Waals surface area contributed by atoms with Crippen molar-refractivity contribution in [3.05, 3.63) is 40.8 Å². The number of hydrogen-bond donors (Lipinski definition) is 1. The first-order valence-corrected chi connectivity index (χ1v) is 7.68. The number of carbonyl (C=O) groups excluding carboxylic acids is 2. The Morgan fingerprint density at radius 2 is 2.04 bits per heavy atom. The summed E-state index contributed by atoms with van der Waals surface area (Å²) in [5, 5.41) is 3.50. The van der Waals surface area contributed by atoms with E-state index in [0.29, 0.717) is 11.3 Å². The number of esters is 1. The van der Waals surface area contributed by atoms with Gasteiger partial charge in [0.2, 0.25) is 0 Å². The van der Waals surface area contributed by atoms with Gasteiger partial charge >= 0.3 is 11.6 Å². The zero-order valence-corrected chi connectivity index (χ0v) is 13.1. The fourth-order valence-electron chi connectivity index (χ4n) is 2.10. The first-order chi connectivity index (χ1) is 11.5. The molecule has 0 spiro atoms. The molecule has 1 heterocycles. The Balaban J connectivity index is 1.53. The number of fused-ring (bicyclic) bond motifs is 1. The Morgan fingerprint density at radius 3 is 2.79 bits per heavy atom. The molecule has 7 nitrogen and oxygen atoms in total. The zero-order chi connectivity index (χ0) is 17.1. The summed E-state index contributed by atoms with van der Waals surface area (Å²) in [5.74, 6) is -0.592. The summed E-state index contributed by atoms with van der Waals surface area (Å²) in [5.41, 5.74) is -0.0971. The van der Waals surface area contributed by atoms with Crippen LogP contribution in [0.2, 0.25) is 0 Å². The lowest BCUT2D eigenvalue weighted by Crippen LogP contribution is -2.37. The zero-order valence-electron chi connectivity index (χ0n) is 13.1. The second-order valence-corrected chi connectivity index (χ2v) is 5.66. The van der Waals surface area contributed by atoms with Gasteiger partial charge in [-0.05, 0) is 38.0 Å². The topological polar surface area (TPSA) is 94.8 Å². The Morgan fingerprint density at radius 1 is 1.29 bits per heavy atom. The minimum absolute atomic E-state index is 0.210. The summed E-state index contributed by atoms with van der Waals surface area (Å²) < 4.78 is 15.4. The molecule has 1 aromatic carbocycles. The molecule has 1 unspecified atom stereocenters. The van der Waals surface area contributed by atoms with Gasteiger partial charge in [0, 0.05) is 23.6 Å². The predicted octanol–water partition coefficient (Wildman–Crippen LogP) is 1.38. The Kier molecular flexibility index (Phi) is 4.50. The standard InChI is InChI=1S/C17H17NO6/c1-10(17(21)18-12-4-5-12)23-16(20)9-22-13-6-2-11-3-7-15(19)24-14(11)8-13/h2-3,6-8,10,12H,4-5,9H2,1H3,(H,18,21). The van der Waals surface area contributed by atoms with Crippen molar-refractivity contribution in [1.82, 2.24) is 5.32 Å². The molecule has 1 amide bonds. The minimum atomic E-state index is -0.865. The van der Waals surface area contributed by atoms with Crippen molar-refractivity contribution in [2.24, 2.45) is 0 Å². The highest BCUT2D eigenvalue weighted by Gasteiger charge is 2.27. The van der Waals surface area contributed by atoms with Gasteiger partial charge in [-0.15, -0.1) is 0 Å². The molecule has 1 aliphatic carbocycles. The van der Waals surface area contributed by atoms with Crippen LogP contribution in [0.25, 0.3) is 11.0 Å². The SMILES string of the molecule is CC(OC(=O)COc1ccc2ccc(=O)oc2c1)C(=O)NC1CC1.